The summed E-state index contributed by atoms with van der Waals surface area (Å²) in [6.45, 7) is 4.75. The highest BCUT2D eigenvalue weighted by Gasteiger charge is 2.17. The molecule has 0 aliphatic heterocycles. The fourth-order valence-corrected chi connectivity index (χ4v) is 3.34. The predicted octanol–water partition coefficient (Wildman–Crippen LogP) is 1.53. The van der Waals surface area contributed by atoms with Gasteiger partial charge in [0.25, 0.3) is 0 Å². The molecule has 0 unspecified atom stereocenters. The number of hydrogen-bond acceptors (Lipinski definition) is 17. The molecule has 0 spiro atoms. The number of ether oxygens (including phenoxy) is 2. The second kappa shape index (κ2) is 21.1. The molecule has 0 aliphatic rings. The van der Waals surface area contributed by atoms with Crippen LogP contribution in [0.4, 0.5) is 5.82 Å². The van der Waals surface area contributed by atoms with Gasteiger partial charge in [-0.1, -0.05) is 7.43 Å². The van der Waals surface area contributed by atoms with Gasteiger partial charge in [-0.3, -0.25) is 24.5 Å². The van der Waals surface area contributed by atoms with Crippen LogP contribution in [0, 0.1) is 13.8 Å². The van der Waals surface area contributed by atoms with Crippen molar-refractivity contribution in [3.8, 4) is 11.6 Å². The molecule has 20 nitrogen and oxygen atoms in total. The molecular weight excluding hydrogens is 656 g/mol. The van der Waals surface area contributed by atoms with Crippen molar-refractivity contribution in [2.45, 2.75) is 34.6 Å². The topological polar surface area (TPSA) is 275 Å². The summed E-state index contributed by atoms with van der Waals surface area (Å²) in [5.41, 5.74) is 4.10. The van der Waals surface area contributed by atoms with Gasteiger partial charge in [0.2, 0.25) is 5.78 Å². The number of hydrazine groups is 1. The van der Waals surface area contributed by atoms with Crippen LogP contribution in [-0.4, -0.2) is 98.3 Å². The van der Waals surface area contributed by atoms with E-state index in [0.29, 0.717) is 34.5 Å². The maximum absolute atomic E-state index is 11.5. The lowest BCUT2D eigenvalue weighted by atomic mass is 10.2. The van der Waals surface area contributed by atoms with E-state index in [0.717, 1.165) is 7.11 Å². The molecule has 5 heterocycles. The first-order valence-electron chi connectivity index (χ1n) is 13.7. The zero-order valence-electron chi connectivity index (χ0n) is 26.9. The number of carboxylic acid groups (broad SMARTS) is 1. The molecule has 5 aromatic heterocycles. The number of aryl methyl sites for hydroxylation is 2. The Hall–Kier alpha value is -6.83. The fraction of sp³-hybridized carbons (Fsp3) is 0.233. The van der Waals surface area contributed by atoms with Crippen LogP contribution in [0.5, 0.6) is 0 Å². The van der Waals surface area contributed by atoms with Crippen molar-refractivity contribution < 1.29 is 38.6 Å². The van der Waals surface area contributed by atoms with Crippen LogP contribution in [0.15, 0.2) is 67.9 Å². The molecule has 0 aliphatic carbocycles. The van der Waals surface area contributed by atoms with Crippen LogP contribution < -0.4 is 11.3 Å². The van der Waals surface area contributed by atoms with Gasteiger partial charge in [0.05, 0.1) is 50.6 Å². The predicted molar refractivity (Wildman–Crippen MR) is 175 cm³/mol. The zero-order chi connectivity index (χ0) is 36.3. The number of ketones is 2. The third kappa shape index (κ3) is 13.1. The SMILES string of the molecule is C.COC(=O)C(=O)CC(C)=O.COC(=O)c1cc(C)nn1-c1cnccn1.Cc1cc(C(=O)O)n(-c2cnccn2)n1.NNc1cnccn1. The molecule has 4 N–H and O–H groups in total. The van der Waals surface area contributed by atoms with Crippen LogP contribution in [0.25, 0.3) is 11.6 Å². The summed E-state index contributed by atoms with van der Waals surface area (Å²) in [5.74, 6) is 2.86. The maximum atomic E-state index is 11.5. The van der Waals surface area contributed by atoms with Crippen molar-refractivity contribution in [3.63, 3.8) is 0 Å². The van der Waals surface area contributed by atoms with Crippen molar-refractivity contribution in [3.05, 3.63) is 90.7 Å². The molecule has 0 amide bonds. The average molecular weight is 693 g/mol. The van der Waals surface area contributed by atoms with Crippen molar-refractivity contribution >= 4 is 35.3 Å². The number of Topliss-reactive ketones (excluding diaryl/α,β-unsaturated/α-hetero) is 2. The number of carbonyl (C=O) groups excluding carboxylic acids is 4. The van der Waals surface area contributed by atoms with Gasteiger partial charge in [0, 0.05) is 37.2 Å². The highest BCUT2D eigenvalue weighted by atomic mass is 16.5. The summed E-state index contributed by atoms with van der Waals surface area (Å²) in [5, 5.41) is 17.1. The van der Waals surface area contributed by atoms with E-state index in [1.807, 2.05) is 0 Å². The quantitative estimate of drug-likeness (QED) is 0.0683. The Kier molecular flexibility index (Phi) is 17.4. The van der Waals surface area contributed by atoms with Gasteiger partial charge in [0.15, 0.2) is 28.8 Å². The van der Waals surface area contributed by atoms with Gasteiger partial charge in [-0.2, -0.15) is 10.2 Å². The van der Waals surface area contributed by atoms with E-state index < -0.39 is 23.7 Å². The first-order chi connectivity index (χ1) is 23.4. The third-order valence-corrected chi connectivity index (χ3v) is 5.34. The summed E-state index contributed by atoms with van der Waals surface area (Å²) < 4.78 is 11.4. The van der Waals surface area contributed by atoms with Crippen molar-refractivity contribution in [1.29, 1.82) is 0 Å². The van der Waals surface area contributed by atoms with Crippen LogP contribution in [0.1, 0.15) is 53.1 Å². The molecular formula is C30H36N12O8. The molecule has 0 saturated carbocycles. The largest absolute Gasteiger partial charge is 0.477 e. The monoisotopic (exact) mass is 692 g/mol. The number of methoxy groups -OCH3 is 2. The van der Waals surface area contributed by atoms with Gasteiger partial charge in [-0.05, 0) is 32.9 Å². The number of nitrogens with zero attached hydrogens (tertiary/aromatic N) is 10. The molecule has 0 bridgehead atoms. The molecule has 0 atom stereocenters. The van der Waals surface area contributed by atoms with Gasteiger partial charge >= 0.3 is 17.9 Å². The highest BCUT2D eigenvalue weighted by molar-refractivity contribution is 6.36. The molecule has 0 aromatic carbocycles. The van der Waals surface area contributed by atoms with E-state index in [4.69, 9.17) is 10.9 Å². The first kappa shape index (κ1) is 41.2. The van der Waals surface area contributed by atoms with Gasteiger partial charge in [-0.25, -0.2) is 44.5 Å². The van der Waals surface area contributed by atoms with Gasteiger partial charge in [0.1, 0.15) is 5.78 Å². The Bertz CT molecular complexity index is 1830. The summed E-state index contributed by atoms with van der Waals surface area (Å²) in [6.07, 6.45) is 13.4. The van der Waals surface area contributed by atoms with Crippen LogP contribution in [-0.2, 0) is 23.9 Å². The normalized spacial score (nSPS) is 9.40. The van der Waals surface area contributed by atoms with E-state index in [-0.39, 0.29) is 25.3 Å². The van der Waals surface area contributed by atoms with E-state index >= 15 is 0 Å². The fourth-order valence-electron chi connectivity index (χ4n) is 3.34. The number of carbonyl (C=O) groups is 5. The van der Waals surface area contributed by atoms with Crippen LogP contribution >= 0.6 is 0 Å². The number of nitrogen functional groups attached to an aromatic ring is 1. The maximum Gasteiger partial charge on any atom is 0.374 e. The average Bonchev–Trinajstić information content (AvgIpc) is 3.72. The van der Waals surface area contributed by atoms with Crippen molar-refractivity contribution in [1.82, 2.24) is 49.5 Å². The number of esters is 2. The number of nitrogens with one attached hydrogen (secondary N) is 1. The number of anilines is 1. The molecule has 0 fully saturated rings. The zero-order valence-corrected chi connectivity index (χ0v) is 26.9. The Labute approximate surface area is 285 Å². The highest BCUT2D eigenvalue weighted by Crippen LogP contribution is 2.11. The second-order valence-electron chi connectivity index (χ2n) is 9.12. The second-order valence-corrected chi connectivity index (χ2v) is 9.12. The molecule has 5 rings (SSSR count). The molecule has 5 aromatic rings. The molecule has 20 heteroatoms. The van der Waals surface area contributed by atoms with Crippen LogP contribution in [0.3, 0.4) is 0 Å². The lowest BCUT2D eigenvalue weighted by molar-refractivity contribution is -0.152. The standard InChI is InChI=1S/C10H10N4O2.C9H8N4O2.C6H8O4.C4H6N4.CH4/c1-7-5-8(10(15)16-2)14(13-7)9-6-11-3-4-12-9;1-6-4-7(9(14)15)13(12-6)8-5-10-2-3-11-8;1-4(7)3-5(8)6(9)10-2;5-8-4-3-6-1-2-7-4;/h3-6H,1-2H3;2-5H,1H3,(H,14,15);3H2,1-2H3;1-3H,5H2,(H,7,8);1H4. The number of aromatic nitrogens is 10. The Morgan fingerprint density at radius 2 is 1.24 bits per heavy atom. The molecule has 0 saturated heterocycles. The lowest BCUT2D eigenvalue weighted by Gasteiger charge is -2.03. The number of nitrogens with two attached hydrogens (primary N) is 1. The summed E-state index contributed by atoms with van der Waals surface area (Å²) >= 11 is 0. The van der Waals surface area contributed by atoms with Crippen LogP contribution in [0.2, 0.25) is 0 Å². The van der Waals surface area contributed by atoms with Gasteiger partial charge in [-0.15, -0.1) is 0 Å². The third-order valence-electron chi connectivity index (χ3n) is 5.34. The Balaban J connectivity index is 0.000000343. The van der Waals surface area contributed by atoms with E-state index in [1.54, 1.807) is 44.7 Å². The Morgan fingerprint density at radius 3 is 1.60 bits per heavy atom. The number of rotatable bonds is 8. The smallest absolute Gasteiger partial charge is 0.374 e. The minimum Gasteiger partial charge on any atom is -0.477 e. The van der Waals surface area contributed by atoms with Crippen molar-refractivity contribution in [2.24, 2.45) is 5.84 Å². The number of hydrogen-bond donors (Lipinski definition) is 3. The Morgan fingerprint density at radius 1 is 0.760 bits per heavy atom. The van der Waals surface area contributed by atoms with E-state index in [2.05, 4.69) is 55.0 Å². The molecule has 50 heavy (non-hydrogen) atoms. The summed E-state index contributed by atoms with van der Waals surface area (Å²) in [4.78, 5) is 76.8. The summed E-state index contributed by atoms with van der Waals surface area (Å²) in [6, 6.07) is 3.12. The van der Waals surface area contributed by atoms with Gasteiger partial charge < -0.3 is 20.0 Å². The molecule has 264 valence electrons. The first-order valence-corrected chi connectivity index (χ1v) is 13.7. The number of carboxylic acids is 1. The van der Waals surface area contributed by atoms with E-state index in [1.165, 1.54) is 60.4 Å². The van der Waals surface area contributed by atoms with E-state index in [9.17, 15) is 24.0 Å². The van der Waals surface area contributed by atoms with Crippen molar-refractivity contribution in [2.75, 3.05) is 19.6 Å². The minimum atomic E-state index is -1.04. The molecule has 0 radical (unpaired) electrons. The lowest BCUT2D eigenvalue weighted by Crippen LogP contribution is -2.17. The minimum absolute atomic E-state index is 0. The number of aromatic carboxylic acids is 1. The summed E-state index contributed by atoms with van der Waals surface area (Å²) in [7, 11) is 2.42.